The highest BCUT2D eigenvalue weighted by molar-refractivity contribution is 8.18. The number of esters is 1. The highest BCUT2D eigenvalue weighted by Crippen LogP contribution is 2.40. The SMILES string of the molecule is COC(=O)C1=C(O)C(=Cc2cccc(O)c2)SC1=Nc1cccc([N+](=O)[O-])c1. The van der Waals surface area contributed by atoms with Gasteiger partial charge in [0.1, 0.15) is 22.1 Å². The standard InChI is InChI=1S/C19H14N2O6S/c1-27-19(24)16-17(23)15(9-11-4-2-7-14(22)8-11)28-18(16)20-12-5-3-6-13(10-12)21(25)26/h2-10,22-23H,1H3. The fraction of sp³-hybridized carbons (Fsp3) is 0.0526. The molecule has 2 aromatic rings. The Bertz CT molecular complexity index is 1060. The number of nitro benzene ring substituents is 1. The molecule has 1 aliphatic rings. The van der Waals surface area contributed by atoms with E-state index in [-0.39, 0.29) is 33.5 Å². The first kappa shape index (κ1) is 19.2. The number of hydrogen-bond donors (Lipinski definition) is 2. The molecule has 9 heteroatoms. The summed E-state index contributed by atoms with van der Waals surface area (Å²) < 4.78 is 4.73. The molecule has 2 aromatic carbocycles. The van der Waals surface area contributed by atoms with Crippen LogP contribution >= 0.6 is 11.8 Å². The van der Waals surface area contributed by atoms with Gasteiger partial charge in [-0.1, -0.05) is 30.0 Å². The number of phenolic OH excluding ortho intramolecular Hbond substituents is 1. The minimum Gasteiger partial charge on any atom is -0.508 e. The van der Waals surface area contributed by atoms with E-state index in [1.165, 1.54) is 37.4 Å². The minimum absolute atomic E-state index is 0.0551. The van der Waals surface area contributed by atoms with Crippen LogP contribution in [0.25, 0.3) is 6.08 Å². The second-order valence-electron chi connectivity index (χ2n) is 5.61. The molecule has 3 rings (SSSR count). The molecule has 0 amide bonds. The average molecular weight is 398 g/mol. The van der Waals surface area contributed by atoms with Crippen molar-refractivity contribution in [2.75, 3.05) is 7.11 Å². The number of benzene rings is 2. The highest BCUT2D eigenvalue weighted by atomic mass is 32.2. The topological polar surface area (TPSA) is 122 Å². The molecule has 0 spiro atoms. The average Bonchev–Trinajstić information content (AvgIpc) is 2.96. The highest BCUT2D eigenvalue weighted by Gasteiger charge is 2.33. The maximum atomic E-state index is 12.1. The van der Waals surface area contributed by atoms with E-state index in [1.807, 2.05) is 0 Å². The molecule has 0 bridgehead atoms. The Balaban J connectivity index is 2.05. The first-order chi connectivity index (χ1) is 13.4. The van der Waals surface area contributed by atoms with E-state index in [1.54, 1.807) is 24.3 Å². The molecule has 1 heterocycles. The summed E-state index contributed by atoms with van der Waals surface area (Å²) in [6.45, 7) is 0. The number of non-ortho nitro benzene ring substituents is 1. The summed E-state index contributed by atoms with van der Waals surface area (Å²) in [5, 5.41) is 31.2. The Morgan fingerprint density at radius 3 is 2.64 bits per heavy atom. The van der Waals surface area contributed by atoms with Gasteiger partial charge in [-0.3, -0.25) is 10.1 Å². The summed E-state index contributed by atoms with van der Waals surface area (Å²) >= 11 is 1.02. The summed E-state index contributed by atoms with van der Waals surface area (Å²) in [5.74, 6) is -1.04. The quantitative estimate of drug-likeness (QED) is 0.451. The Hall–Kier alpha value is -3.59. The van der Waals surface area contributed by atoms with Crippen molar-refractivity contribution in [3.8, 4) is 5.75 Å². The van der Waals surface area contributed by atoms with Crippen molar-refractivity contribution >= 4 is 40.2 Å². The third-order valence-corrected chi connectivity index (χ3v) is 4.74. The number of nitrogens with zero attached hydrogens (tertiary/aromatic N) is 2. The summed E-state index contributed by atoms with van der Waals surface area (Å²) in [7, 11) is 1.18. The molecule has 1 aliphatic heterocycles. The number of thioether (sulfide) groups is 1. The van der Waals surface area contributed by atoms with Gasteiger partial charge in [0.05, 0.1) is 22.6 Å². The molecule has 28 heavy (non-hydrogen) atoms. The van der Waals surface area contributed by atoms with Crippen molar-refractivity contribution in [1.29, 1.82) is 0 Å². The lowest BCUT2D eigenvalue weighted by molar-refractivity contribution is -0.384. The number of aliphatic imine (C=N–C) groups is 1. The van der Waals surface area contributed by atoms with Gasteiger partial charge in [-0.05, 0) is 29.8 Å². The number of hydrogen-bond acceptors (Lipinski definition) is 8. The van der Waals surface area contributed by atoms with Crippen molar-refractivity contribution in [2.24, 2.45) is 4.99 Å². The molecule has 0 unspecified atom stereocenters. The molecular formula is C19H14N2O6S. The number of nitro groups is 1. The van der Waals surface area contributed by atoms with Crippen molar-refractivity contribution in [3.63, 3.8) is 0 Å². The number of carbonyl (C=O) groups excluding carboxylic acids is 1. The summed E-state index contributed by atoms with van der Waals surface area (Å²) in [6.07, 6.45) is 1.58. The number of carbonyl (C=O) groups is 1. The molecule has 8 nitrogen and oxygen atoms in total. The summed E-state index contributed by atoms with van der Waals surface area (Å²) in [6, 6.07) is 12.0. The van der Waals surface area contributed by atoms with Gasteiger partial charge < -0.3 is 14.9 Å². The zero-order valence-electron chi connectivity index (χ0n) is 14.5. The fourth-order valence-corrected chi connectivity index (χ4v) is 3.49. The fourth-order valence-electron chi connectivity index (χ4n) is 2.45. The Morgan fingerprint density at radius 2 is 1.96 bits per heavy atom. The van der Waals surface area contributed by atoms with Crippen molar-refractivity contribution in [2.45, 2.75) is 0 Å². The number of aromatic hydroxyl groups is 1. The molecule has 0 aromatic heterocycles. The van der Waals surface area contributed by atoms with E-state index in [2.05, 4.69) is 4.99 Å². The molecule has 0 saturated heterocycles. The number of aliphatic hydroxyl groups excluding tert-OH is 1. The van der Waals surface area contributed by atoms with Gasteiger partial charge in [0.15, 0.2) is 0 Å². The predicted molar refractivity (Wildman–Crippen MR) is 106 cm³/mol. The first-order valence-electron chi connectivity index (χ1n) is 7.93. The summed E-state index contributed by atoms with van der Waals surface area (Å²) in [4.78, 5) is 27.1. The van der Waals surface area contributed by atoms with Gasteiger partial charge >= 0.3 is 5.97 Å². The van der Waals surface area contributed by atoms with Crippen LogP contribution in [-0.4, -0.2) is 33.3 Å². The minimum atomic E-state index is -0.784. The Kier molecular flexibility index (Phi) is 5.46. The van der Waals surface area contributed by atoms with E-state index < -0.39 is 10.9 Å². The zero-order chi connectivity index (χ0) is 20.3. The van der Waals surface area contributed by atoms with E-state index in [9.17, 15) is 25.1 Å². The molecular weight excluding hydrogens is 384 g/mol. The lowest BCUT2D eigenvalue weighted by Gasteiger charge is -2.02. The number of methoxy groups -OCH3 is 1. The van der Waals surface area contributed by atoms with Crippen LogP contribution in [0.2, 0.25) is 0 Å². The van der Waals surface area contributed by atoms with Crippen LogP contribution in [0.4, 0.5) is 11.4 Å². The Morgan fingerprint density at radius 1 is 1.21 bits per heavy atom. The number of ether oxygens (including phenoxy) is 1. The van der Waals surface area contributed by atoms with Crippen molar-refractivity contribution in [1.82, 2.24) is 0 Å². The van der Waals surface area contributed by atoms with Gasteiger partial charge in [-0.15, -0.1) is 0 Å². The third-order valence-electron chi connectivity index (χ3n) is 3.72. The lowest BCUT2D eigenvalue weighted by Crippen LogP contribution is -2.10. The number of aliphatic hydroxyl groups is 1. The van der Waals surface area contributed by atoms with Gasteiger partial charge in [0, 0.05) is 12.1 Å². The molecule has 0 radical (unpaired) electrons. The van der Waals surface area contributed by atoms with Crippen LogP contribution in [-0.2, 0) is 9.53 Å². The lowest BCUT2D eigenvalue weighted by atomic mass is 10.1. The zero-order valence-corrected chi connectivity index (χ0v) is 15.3. The predicted octanol–water partition coefficient (Wildman–Crippen LogP) is 4.10. The van der Waals surface area contributed by atoms with Crippen LogP contribution in [0.3, 0.4) is 0 Å². The van der Waals surface area contributed by atoms with Crippen LogP contribution < -0.4 is 0 Å². The first-order valence-corrected chi connectivity index (χ1v) is 8.74. The summed E-state index contributed by atoms with van der Waals surface area (Å²) in [5.41, 5.74) is 0.581. The second kappa shape index (κ2) is 7.97. The largest absolute Gasteiger partial charge is 0.508 e. The smallest absolute Gasteiger partial charge is 0.344 e. The third kappa shape index (κ3) is 4.04. The monoisotopic (exact) mass is 398 g/mol. The van der Waals surface area contributed by atoms with E-state index >= 15 is 0 Å². The van der Waals surface area contributed by atoms with Gasteiger partial charge in [0.25, 0.3) is 5.69 Å². The maximum Gasteiger partial charge on any atom is 0.344 e. The number of phenols is 1. The van der Waals surface area contributed by atoms with Crippen molar-refractivity contribution < 1.29 is 24.7 Å². The Labute approximate surface area is 163 Å². The van der Waals surface area contributed by atoms with Crippen molar-refractivity contribution in [3.05, 3.63) is 80.4 Å². The molecule has 0 saturated carbocycles. The van der Waals surface area contributed by atoms with Gasteiger partial charge in [0.2, 0.25) is 0 Å². The number of rotatable bonds is 4. The molecule has 2 N–H and O–H groups in total. The van der Waals surface area contributed by atoms with Crippen LogP contribution in [0.15, 0.2) is 69.8 Å². The normalized spacial score (nSPS) is 16.6. The molecule has 0 aliphatic carbocycles. The van der Waals surface area contributed by atoms with Crippen LogP contribution in [0.5, 0.6) is 5.75 Å². The van der Waals surface area contributed by atoms with E-state index in [0.717, 1.165) is 11.8 Å². The van der Waals surface area contributed by atoms with Gasteiger partial charge in [-0.2, -0.15) is 0 Å². The van der Waals surface area contributed by atoms with E-state index in [4.69, 9.17) is 4.74 Å². The molecule has 142 valence electrons. The second-order valence-corrected chi connectivity index (χ2v) is 6.65. The molecule has 0 fully saturated rings. The molecule has 0 atom stereocenters. The van der Waals surface area contributed by atoms with Gasteiger partial charge in [-0.25, -0.2) is 9.79 Å². The van der Waals surface area contributed by atoms with Crippen LogP contribution in [0, 0.1) is 10.1 Å². The van der Waals surface area contributed by atoms with E-state index in [0.29, 0.717) is 10.5 Å². The maximum absolute atomic E-state index is 12.1. The van der Waals surface area contributed by atoms with Crippen LogP contribution in [0.1, 0.15) is 5.56 Å².